The molecular weight excluding hydrogens is 311 g/mol. The maximum Gasteiger partial charge on any atom is 0.178 e. The Morgan fingerprint density at radius 3 is 2.47 bits per heavy atom. The van der Waals surface area contributed by atoms with Gasteiger partial charge in [-0.1, -0.05) is 23.2 Å². The molecular formula is C12H14Cl2O4S. The van der Waals surface area contributed by atoms with Crippen molar-refractivity contribution in [2.45, 2.75) is 24.0 Å². The average molecular weight is 325 g/mol. The zero-order valence-corrected chi connectivity index (χ0v) is 12.5. The Morgan fingerprint density at radius 1 is 1.16 bits per heavy atom. The molecule has 1 aromatic rings. The van der Waals surface area contributed by atoms with E-state index < -0.39 is 16.1 Å². The van der Waals surface area contributed by atoms with Crippen LogP contribution in [0.2, 0.25) is 10.0 Å². The molecule has 1 aliphatic rings. The lowest BCUT2D eigenvalue weighted by Crippen LogP contribution is -2.27. The second kappa shape index (κ2) is 6.41. The largest absolute Gasteiger partial charge is 0.353 e. The molecule has 0 aliphatic carbocycles. The van der Waals surface area contributed by atoms with Crippen LogP contribution in [-0.4, -0.2) is 33.7 Å². The van der Waals surface area contributed by atoms with Crippen molar-refractivity contribution in [2.75, 3.05) is 19.0 Å². The second-order valence-corrected chi connectivity index (χ2v) is 7.13. The quantitative estimate of drug-likeness (QED) is 0.854. The van der Waals surface area contributed by atoms with E-state index in [2.05, 4.69) is 0 Å². The van der Waals surface area contributed by atoms with E-state index in [1.54, 1.807) is 0 Å². The van der Waals surface area contributed by atoms with Crippen LogP contribution < -0.4 is 0 Å². The lowest BCUT2D eigenvalue weighted by molar-refractivity contribution is -0.178. The summed E-state index contributed by atoms with van der Waals surface area (Å²) in [5.74, 6) is -0.0460. The van der Waals surface area contributed by atoms with E-state index >= 15 is 0 Å². The molecule has 1 heterocycles. The fourth-order valence-corrected chi connectivity index (χ4v) is 3.42. The van der Waals surface area contributed by atoms with Gasteiger partial charge in [-0.05, 0) is 24.6 Å². The van der Waals surface area contributed by atoms with Crippen molar-refractivity contribution in [1.82, 2.24) is 0 Å². The van der Waals surface area contributed by atoms with Gasteiger partial charge in [0.1, 0.15) is 0 Å². The molecule has 106 valence electrons. The van der Waals surface area contributed by atoms with Crippen LogP contribution in [0.15, 0.2) is 23.1 Å². The topological polar surface area (TPSA) is 52.6 Å². The van der Waals surface area contributed by atoms with Gasteiger partial charge in [0, 0.05) is 6.42 Å². The van der Waals surface area contributed by atoms with Crippen molar-refractivity contribution >= 4 is 33.0 Å². The minimum absolute atomic E-state index is 0.0460. The SMILES string of the molecule is O=S(=O)(CCC1OCCCO1)c1ccc(Cl)c(Cl)c1. The summed E-state index contributed by atoms with van der Waals surface area (Å²) in [6.45, 7) is 1.22. The lowest BCUT2D eigenvalue weighted by Gasteiger charge is -2.22. The van der Waals surface area contributed by atoms with Crippen LogP contribution in [0.1, 0.15) is 12.8 Å². The molecule has 0 aromatic heterocycles. The van der Waals surface area contributed by atoms with Gasteiger partial charge in [-0.25, -0.2) is 8.42 Å². The zero-order chi connectivity index (χ0) is 13.9. The first-order valence-electron chi connectivity index (χ1n) is 5.90. The van der Waals surface area contributed by atoms with Crippen LogP contribution in [0, 0.1) is 0 Å². The Labute approximate surface area is 122 Å². The van der Waals surface area contributed by atoms with Crippen LogP contribution >= 0.6 is 23.2 Å². The highest BCUT2D eigenvalue weighted by molar-refractivity contribution is 7.91. The third-order valence-corrected chi connectivity index (χ3v) is 5.25. The fraction of sp³-hybridized carbons (Fsp3) is 0.500. The molecule has 19 heavy (non-hydrogen) atoms. The van der Waals surface area contributed by atoms with E-state index in [4.69, 9.17) is 32.7 Å². The number of sulfone groups is 1. The van der Waals surface area contributed by atoms with Gasteiger partial charge in [0.2, 0.25) is 0 Å². The average Bonchev–Trinajstić information content (AvgIpc) is 2.41. The van der Waals surface area contributed by atoms with Crippen LogP contribution in [0.4, 0.5) is 0 Å². The Morgan fingerprint density at radius 2 is 1.84 bits per heavy atom. The van der Waals surface area contributed by atoms with Crippen LogP contribution in [0.25, 0.3) is 0 Å². The molecule has 4 nitrogen and oxygen atoms in total. The predicted molar refractivity (Wildman–Crippen MR) is 73.4 cm³/mol. The third-order valence-electron chi connectivity index (χ3n) is 2.77. The predicted octanol–water partition coefficient (Wildman–Crippen LogP) is 2.92. The highest BCUT2D eigenvalue weighted by atomic mass is 35.5. The molecule has 0 spiro atoms. The van der Waals surface area contributed by atoms with Gasteiger partial charge in [-0.2, -0.15) is 0 Å². The van der Waals surface area contributed by atoms with Crippen molar-refractivity contribution in [3.63, 3.8) is 0 Å². The van der Waals surface area contributed by atoms with Crippen LogP contribution in [0.5, 0.6) is 0 Å². The van der Waals surface area contributed by atoms with Crippen molar-refractivity contribution in [2.24, 2.45) is 0 Å². The Kier molecular flexibility index (Phi) is 5.09. The normalized spacial score (nSPS) is 17.6. The van der Waals surface area contributed by atoms with Crippen molar-refractivity contribution in [3.8, 4) is 0 Å². The molecule has 1 saturated heterocycles. The molecule has 7 heteroatoms. The number of hydrogen-bond acceptors (Lipinski definition) is 4. The fourth-order valence-electron chi connectivity index (χ4n) is 1.74. The first kappa shape index (κ1) is 15.1. The highest BCUT2D eigenvalue weighted by Crippen LogP contribution is 2.26. The molecule has 1 aliphatic heterocycles. The standard InChI is InChI=1S/C12H14Cl2O4S/c13-10-3-2-9(8-11(10)14)19(15,16)7-4-12-17-5-1-6-18-12/h2-3,8,12H,1,4-7H2. The molecule has 0 unspecified atom stereocenters. The van der Waals surface area contributed by atoms with Gasteiger partial charge in [0.25, 0.3) is 0 Å². The van der Waals surface area contributed by atoms with E-state index in [0.717, 1.165) is 6.42 Å². The molecule has 0 N–H and O–H groups in total. The van der Waals surface area contributed by atoms with E-state index in [9.17, 15) is 8.42 Å². The first-order chi connectivity index (χ1) is 8.99. The highest BCUT2D eigenvalue weighted by Gasteiger charge is 2.21. The van der Waals surface area contributed by atoms with Crippen molar-refractivity contribution < 1.29 is 17.9 Å². The van der Waals surface area contributed by atoms with E-state index in [1.165, 1.54) is 18.2 Å². The molecule has 1 fully saturated rings. The van der Waals surface area contributed by atoms with Gasteiger partial charge in [0.15, 0.2) is 16.1 Å². The number of benzene rings is 1. The van der Waals surface area contributed by atoms with Gasteiger partial charge in [-0.15, -0.1) is 0 Å². The molecule has 0 atom stereocenters. The van der Waals surface area contributed by atoms with E-state index in [1.807, 2.05) is 0 Å². The third kappa shape index (κ3) is 4.07. The summed E-state index contributed by atoms with van der Waals surface area (Å²) in [5, 5.41) is 0.562. The molecule has 0 bridgehead atoms. The maximum absolute atomic E-state index is 12.1. The second-order valence-electron chi connectivity index (χ2n) is 4.21. The Hall–Kier alpha value is -0.330. The molecule has 0 saturated carbocycles. The Balaban J connectivity index is 2.02. The van der Waals surface area contributed by atoms with Crippen LogP contribution in [0.3, 0.4) is 0 Å². The summed E-state index contributed by atoms with van der Waals surface area (Å²) in [4.78, 5) is 0.165. The minimum atomic E-state index is -3.40. The van der Waals surface area contributed by atoms with Crippen molar-refractivity contribution in [3.05, 3.63) is 28.2 Å². The molecule has 0 radical (unpaired) electrons. The molecule has 0 amide bonds. The number of ether oxygens (including phenoxy) is 2. The van der Waals surface area contributed by atoms with E-state index in [0.29, 0.717) is 24.7 Å². The van der Waals surface area contributed by atoms with Gasteiger partial charge >= 0.3 is 0 Å². The van der Waals surface area contributed by atoms with Crippen LogP contribution in [-0.2, 0) is 19.3 Å². The summed E-state index contributed by atoms with van der Waals surface area (Å²) in [7, 11) is -3.40. The summed E-state index contributed by atoms with van der Waals surface area (Å²) >= 11 is 11.6. The molecule has 2 rings (SSSR count). The number of halogens is 2. The van der Waals surface area contributed by atoms with Gasteiger partial charge < -0.3 is 9.47 Å². The monoisotopic (exact) mass is 324 g/mol. The maximum atomic E-state index is 12.1. The van der Waals surface area contributed by atoms with Crippen molar-refractivity contribution in [1.29, 1.82) is 0 Å². The van der Waals surface area contributed by atoms with Gasteiger partial charge in [0.05, 0.1) is 33.9 Å². The first-order valence-corrected chi connectivity index (χ1v) is 8.31. The Bertz CT molecular complexity index is 539. The summed E-state index contributed by atoms with van der Waals surface area (Å²) in [5.41, 5.74) is 0. The molecule has 1 aromatic carbocycles. The van der Waals surface area contributed by atoms with E-state index in [-0.39, 0.29) is 15.7 Å². The number of hydrogen-bond donors (Lipinski definition) is 0. The lowest BCUT2D eigenvalue weighted by atomic mass is 10.4. The zero-order valence-electron chi connectivity index (χ0n) is 10.1. The number of rotatable bonds is 4. The summed E-state index contributed by atoms with van der Waals surface area (Å²) in [6.07, 6.45) is 0.713. The summed E-state index contributed by atoms with van der Waals surface area (Å²) in [6, 6.07) is 4.29. The van der Waals surface area contributed by atoms with Gasteiger partial charge in [-0.3, -0.25) is 0 Å². The smallest absolute Gasteiger partial charge is 0.178 e. The minimum Gasteiger partial charge on any atom is -0.353 e. The summed E-state index contributed by atoms with van der Waals surface area (Å²) < 4.78 is 34.9.